The van der Waals surface area contributed by atoms with Crippen molar-refractivity contribution in [1.82, 2.24) is 9.78 Å². The summed E-state index contributed by atoms with van der Waals surface area (Å²) in [6.07, 6.45) is 2.28. The SMILES string of the molecule is NC(=S)c1cccc(OCCCn2ncccc2=O)c1. The Kier molecular flexibility index (Phi) is 4.84. The van der Waals surface area contributed by atoms with Gasteiger partial charge in [-0.1, -0.05) is 24.4 Å². The summed E-state index contributed by atoms with van der Waals surface area (Å²) in [5, 5.41) is 3.98. The molecule has 104 valence electrons. The molecule has 2 N–H and O–H groups in total. The lowest BCUT2D eigenvalue weighted by molar-refractivity contribution is 0.297. The maximum atomic E-state index is 11.4. The van der Waals surface area contributed by atoms with Crippen LogP contribution in [0, 0.1) is 0 Å². The average Bonchev–Trinajstić information content (AvgIpc) is 2.45. The van der Waals surface area contributed by atoms with Crippen LogP contribution in [-0.2, 0) is 6.54 Å². The summed E-state index contributed by atoms with van der Waals surface area (Å²) in [6, 6.07) is 10.4. The van der Waals surface area contributed by atoms with E-state index in [1.807, 2.05) is 18.2 Å². The van der Waals surface area contributed by atoms with Crippen molar-refractivity contribution in [2.45, 2.75) is 13.0 Å². The molecule has 0 aliphatic rings. The number of ether oxygens (including phenoxy) is 1. The fourth-order valence-electron chi connectivity index (χ4n) is 1.70. The summed E-state index contributed by atoms with van der Waals surface area (Å²) in [4.78, 5) is 11.8. The van der Waals surface area contributed by atoms with Crippen LogP contribution in [0.2, 0.25) is 0 Å². The highest BCUT2D eigenvalue weighted by atomic mass is 32.1. The maximum absolute atomic E-state index is 11.4. The fraction of sp³-hybridized carbons (Fsp3) is 0.214. The van der Waals surface area contributed by atoms with Crippen LogP contribution in [-0.4, -0.2) is 21.4 Å². The van der Waals surface area contributed by atoms with E-state index >= 15 is 0 Å². The minimum absolute atomic E-state index is 0.108. The van der Waals surface area contributed by atoms with Crippen LogP contribution in [0.1, 0.15) is 12.0 Å². The van der Waals surface area contributed by atoms with Crippen LogP contribution in [0.25, 0.3) is 0 Å². The van der Waals surface area contributed by atoms with E-state index in [0.717, 1.165) is 5.56 Å². The van der Waals surface area contributed by atoms with E-state index in [4.69, 9.17) is 22.7 Å². The molecule has 5 nitrogen and oxygen atoms in total. The molecule has 1 aromatic carbocycles. The topological polar surface area (TPSA) is 70.1 Å². The molecule has 0 bridgehead atoms. The van der Waals surface area contributed by atoms with Gasteiger partial charge in [-0.25, -0.2) is 4.68 Å². The minimum atomic E-state index is -0.108. The van der Waals surface area contributed by atoms with Gasteiger partial charge in [-0.05, 0) is 18.2 Å². The Labute approximate surface area is 122 Å². The Morgan fingerprint density at radius 1 is 1.35 bits per heavy atom. The predicted molar refractivity (Wildman–Crippen MR) is 80.9 cm³/mol. The summed E-state index contributed by atoms with van der Waals surface area (Å²) in [5.41, 5.74) is 6.23. The van der Waals surface area contributed by atoms with Crippen molar-refractivity contribution in [2.75, 3.05) is 6.61 Å². The molecule has 0 saturated carbocycles. The minimum Gasteiger partial charge on any atom is -0.494 e. The summed E-state index contributed by atoms with van der Waals surface area (Å²) in [5.74, 6) is 0.712. The summed E-state index contributed by atoms with van der Waals surface area (Å²) < 4.78 is 7.01. The Bertz CT molecular complexity index is 655. The maximum Gasteiger partial charge on any atom is 0.266 e. The van der Waals surface area contributed by atoms with E-state index in [1.165, 1.54) is 10.7 Å². The Balaban J connectivity index is 1.85. The summed E-state index contributed by atoms with van der Waals surface area (Å²) >= 11 is 4.91. The highest BCUT2D eigenvalue weighted by molar-refractivity contribution is 7.80. The standard InChI is InChI=1S/C14H15N3O2S/c15-14(20)11-4-1-5-12(10-11)19-9-3-8-17-13(18)6-2-7-16-17/h1-2,4-7,10H,3,8-9H2,(H2,15,20). The van der Waals surface area contributed by atoms with Crippen molar-refractivity contribution in [2.24, 2.45) is 5.73 Å². The van der Waals surface area contributed by atoms with Crippen molar-refractivity contribution in [3.63, 3.8) is 0 Å². The molecule has 0 saturated heterocycles. The molecule has 0 fully saturated rings. The van der Waals surface area contributed by atoms with Crippen LogP contribution < -0.4 is 16.0 Å². The quantitative estimate of drug-likeness (QED) is 0.642. The molecular weight excluding hydrogens is 274 g/mol. The van der Waals surface area contributed by atoms with E-state index in [2.05, 4.69) is 5.10 Å². The number of hydrogen-bond acceptors (Lipinski definition) is 4. The number of nitrogens with two attached hydrogens (primary N) is 1. The Morgan fingerprint density at radius 3 is 2.95 bits per heavy atom. The zero-order chi connectivity index (χ0) is 14.4. The second-order valence-corrected chi connectivity index (χ2v) is 4.62. The molecule has 0 radical (unpaired) electrons. The Hall–Kier alpha value is -2.21. The van der Waals surface area contributed by atoms with Gasteiger partial charge in [0.05, 0.1) is 6.61 Å². The first-order valence-electron chi connectivity index (χ1n) is 6.21. The van der Waals surface area contributed by atoms with Crippen LogP contribution in [0.5, 0.6) is 5.75 Å². The van der Waals surface area contributed by atoms with Gasteiger partial charge in [-0.15, -0.1) is 0 Å². The highest BCUT2D eigenvalue weighted by Gasteiger charge is 2.00. The van der Waals surface area contributed by atoms with E-state index in [9.17, 15) is 4.79 Å². The van der Waals surface area contributed by atoms with Gasteiger partial charge in [-0.2, -0.15) is 5.10 Å². The van der Waals surface area contributed by atoms with Gasteiger partial charge in [0.15, 0.2) is 0 Å². The molecule has 0 aliphatic heterocycles. The highest BCUT2D eigenvalue weighted by Crippen LogP contribution is 2.13. The number of aromatic nitrogens is 2. The van der Waals surface area contributed by atoms with Crippen LogP contribution >= 0.6 is 12.2 Å². The largest absolute Gasteiger partial charge is 0.494 e. The van der Waals surface area contributed by atoms with Gasteiger partial charge in [-0.3, -0.25) is 4.79 Å². The number of thiocarbonyl (C=S) groups is 1. The molecule has 0 unspecified atom stereocenters. The Morgan fingerprint density at radius 2 is 2.20 bits per heavy atom. The normalized spacial score (nSPS) is 10.2. The third-order valence-electron chi connectivity index (χ3n) is 2.69. The van der Waals surface area contributed by atoms with Gasteiger partial charge in [0.2, 0.25) is 0 Å². The second-order valence-electron chi connectivity index (χ2n) is 4.18. The molecule has 0 spiro atoms. The average molecular weight is 289 g/mol. The van der Waals surface area contributed by atoms with Crippen molar-refractivity contribution in [1.29, 1.82) is 0 Å². The van der Waals surface area contributed by atoms with Crippen molar-refractivity contribution < 1.29 is 4.74 Å². The first-order valence-corrected chi connectivity index (χ1v) is 6.62. The summed E-state index contributed by atoms with van der Waals surface area (Å²) in [7, 11) is 0. The second kappa shape index (κ2) is 6.81. The molecule has 0 atom stereocenters. The van der Waals surface area contributed by atoms with Gasteiger partial charge in [0, 0.05) is 30.8 Å². The van der Waals surface area contributed by atoms with Crippen LogP contribution in [0.4, 0.5) is 0 Å². The molecule has 1 aromatic heterocycles. The molecule has 0 amide bonds. The molecular formula is C14H15N3O2S. The number of aryl methyl sites for hydroxylation is 1. The van der Waals surface area contributed by atoms with Crippen molar-refractivity contribution in [3.8, 4) is 5.75 Å². The monoisotopic (exact) mass is 289 g/mol. The third-order valence-corrected chi connectivity index (χ3v) is 2.92. The number of rotatable bonds is 6. The smallest absolute Gasteiger partial charge is 0.266 e. The van der Waals surface area contributed by atoms with E-state index < -0.39 is 0 Å². The van der Waals surface area contributed by atoms with Gasteiger partial charge < -0.3 is 10.5 Å². The van der Waals surface area contributed by atoms with Gasteiger partial charge in [0.25, 0.3) is 5.56 Å². The fourth-order valence-corrected chi connectivity index (χ4v) is 1.83. The zero-order valence-corrected chi connectivity index (χ0v) is 11.7. The molecule has 2 rings (SSSR count). The van der Waals surface area contributed by atoms with Crippen LogP contribution in [0.3, 0.4) is 0 Å². The molecule has 20 heavy (non-hydrogen) atoms. The third kappa shape index (κ3) is 3.89. The zero-order valence-electron chi connectivity index (χ0n) is 10.9. The lowest BCUT2D eigenvalue weighted by Gasteiger charge is -2.08. The number of benzene rings is 1. The van der Waals surface area contributed by atoms with Crippen LogP contribution in [0.15, 0.2) is 47.4 Å². The van der Waals surface area contributed by atoms with E-state index in [1.54, 1.807) is 18.3 Å². The number of hydrogen-bond donors (Lipinski definition) is 1. The van der Waals surface area contributed by atoms with E-state index in [0.29, 0.717) is 30.3 Å². The molecule has 0 aliphatic carbocycles. The first kappa shape index (κ1) is 14.2. The van der Waals surface area contributed by atoms with Crippen molar-refractivity contribution in [3.05, 3.63) is 58.5 Å². The molecule has 2 aromatic rings. The molecule has 1 heterocycles. The molecule has 6 heteroatoms. The van der Waals surface area contributed by atoms with Gasteiger partial charge in [0.1, 0.15) is 10.7 Å². The van der Waals surface area contributed by atoms with Crippen molar-refractivity contribution >= 4 is 17.2 Å². The lowest BCUT2D eigenvalue weighted by atomic mass is 10.2. The summed E-state index contributed by atoms with van der Waals surface area (Å²) in [6.45, 7) is 1.01. The van der Waals surface area contributed by atoms with E-state index in [-0.39, 0.29) is 5.56 Å². The predicted octanol–water partition coefficient (Wildman–Crippen LogP) is 1.35. The first-order chi connectivity index (χ1) is 9.66. The number of nitrogens with zero attached hydrogens (tertiary/aromatic N) is 2. The van der Waals surface area contributed by atoms with Gasteiger partial charge >= 0.3 is 0 Å². The lowest BCUT2D eigenvalue weighted by Crippen LogP contribution is -2.22.